The van der Waals surface area contributed by atoms with Gasteiger partial charge in [-0.15, -0.1) is 6.58 Å². The number of rotatable bonds is 4. The van der Waals surface area contributed by atoms with Crippen molar-refractivity contribution in [3.63, 3.8) is 0 Å². The fourth-order valence-corrected chi connectivity index (χ4v) is 2.60. The first-order chi connectivity index (χ1) is 10.0. The minimum atomic E-state index is -1.05. The van der Waals surface area contributed by atoms with Gasteiger partial charge in [0, 0.05) is 11.7 Å². The monoisotopic (exact) mass is 288 g/mol. The van der Waals surface area contributed by atoms with Crippen LogP contribution in [0.5, 0.6) is 0 Å². The molecule has 1 aliphatic rings. The number of aryl methyl sites for hydroxylation is 1. The highest BCUT2D eigenvalue weighted by atomic mass is 16.4. The molecule has 2 rings (SSSR count). The number of nitrogens with zero attached hydrogens (tertiary/aromatic N) is 1. The molecule has 2 amide bonds. The number of aliphatic carboxylic acids is 1. The van der Waals surface area contributed by atoms with Gasteiger partial charge in [0.2, 0.25) is 0 Å². The van der Waals surface area contributed by atoms with Gasteiger partial charge in [-0.1, -0.05) is 24.3 Å². The van der Waals surface area contributed by atoms with Crippen LogP contribution in [0.15, 0.2) is 36.9 Å². The third kappa shape index (κ3) is 3.24. The van der Waals surface area contributed by atoms with Gasteiger partial charge in [-0.25, -0.2) is 9.59 Å². The van der Waals surface area contributed by atoms with Gasteiger partial charge in [0.05, 0.1) is 0 Å². The van der Waals surface area contributed by atoms with Crippen molar-refractivity contribution >= 4 is 17.7 Å². The molecule has 2 unspecified atom stereocenters. The largest absolute Gasteiger partial charge is 0.480 e. The average Bonchev–Trinajstić information content (AvgIpc) is 2.46. The molecule has 1 aromatic rings. The number of fused-ring (bicyclic) bond motifs is 1. The Bertz CT molecular complexity index is 556. The molecule has 1 aliphatic heterocycles. The molecule has 0 spiro atoms. The normalized spacial score (nSPS) is 18.5. The fourth-order valence-electron chi connectivity index (χ4n) is 2.60. The summed E-state index contributed by atoms with van der Waals surface area (Å²) in [5.74, 6) is -1.05. The summed E-state index contributed by atoms with van der Waals surface area (Å²) < 4.78 is 0. The van der Waals surface area contributed by atoms with E-state index in [1.165, 1.54) is 6.08 Å². The number of amides is 2. The molecule has 2 atom stereocenters. The molecule has 0 bridgehead atoms. The molecule has 1 heterocycles. The summed E-state index contributed by atoms with van der Waals surface area (Å²) in [5.41, 5.74) is 1.97. The van der Waals surface area contributed by atoms with E-state index >= 15 is 0 Å². The molecule has 0 aromatic heterocycles. The van der Waals surface area contributed by atoms with E-state index in [1.54, 1.807) is 4.90 Å². The average molecular weight is 288 g/mol. The Balaban J connectivity index is 2.22. The first-order valence-electron chi connectivity index (χ1n) is 7.06. The summed E-state index contributed by atoms with van der Waals surface area (Å²) in [4.78, 5) is 25.3. The third-order valence-electron chi connectivity index (χ3n) is 3.74. The topological polar surface area (TPSA) is 69.6 Å². The van der Waals surface area contributed by atoms with Crippen molar-refractivity contribution in [2.24, 2.45) is 0 Å². The Hall–Kier alpha value is -2.30. The first kappa shape index (κ1) is 15.1. The summed E-state index contributed by atoms with van der Waals surface area (Å²) in [7, 11) is 0. The van der Waals surface area contributed by atoms with Crippen LogP contribution >= 0.6 is 0 Å². The van der Waals surface area contributed by atoms with Crippen molar-refractivity contribution in [2.75, 3.05) is 4.90 Å². The molecular weight excluding hydrogens is 268 g/mol. The number of nitrogens with one attached hydrogen (secondary N) is 1. The lowest BCUT2D eigenvalue weighted by atomic mass is 9.97. The van der Waals surface area contributed by atoms with Crippen LogP contribution in [0.2, 0.25) is 0 Å². The van der Waals surface area contributed by atoms with E-state index in [1.807, 2.05) is 31.2 Å². The van der Waals surface area contributed by atoms with Gasteiger partial charge in [0.25, 0.3) is 0 Å². The van der Waals surface area contributed by atoms with Gasteiger partial charge >= 0.3 is 12.0 Å². The summed E-state index contributed by atoms with van der Waals surface area (Å²) in [6, 6.07) is 6.45. The molecule has 0 saturated carbocycles. The van der Waals surface area contributed by atoms with Crippen LogP contribution in [0.3, 0.4) is 0 Å². The maximum absolute atomic E-state index is 12.5. The molecule has 5 heteroatoms. The number of benzene rings is 1. The second-order valence-corrected chi connectivity index (χ2v) is 5.25. The van der Waals surface area contributed by atoms with E-state index < -0.39 is 12.0 Å². The van der Waals surface area contributed by atoms with Gasteiger partial charge in [-0.2, -0.15) is 0 Å². The Kier molecular flexibility index (Phi) is 4.62. The van der Waals surface area contributed by atoms with Crippen LogP contribution in [-0.2, 0) is 11.2 Å². The lowest BCUT2D eigenvalue weighted by Gasteiger charge is -2.35. The minimum Gasteiger partial charge on any atom is -0.480 e. The molecule has 0 aliphatic carbocycles. The zero-order valence-electron chi connectivity index (χ0n) is 12.1. The molecule has 0 radical (unpaired) electrons. The number of anilines is 1. The second-order valence-electron chi connectivity index (χ2n) is 5.25. The quantitative estimate of drug-likeness (QED) is 0.837. The van der Waals surface area contributed by atoms with E-state index in [-0.39, 0.29) is 18.5 Å². The fraction of sp³-hybridized carbons (Fsp3) is 0.375. The lowest BCUT2D eigenvalue weighted by Crippen LogP contribution is -2.52. The molecule has 0 fully saturated rings. The van der Waals surface area contributed by atoms with Crippen molar-refractivity contribution in [3.8, 4) is 0 Å². The molecule has 0 saturated heterocycles. The summed E-state index contributed by atoms with van der Waals surface area (Å²) in [6.07, 6.45) is 3.48. The van der Waals surface area contributed by atoms with Gasteiger partial charge in [-0.05, 0) is 37.8 Å². The van der Waals surface area contributed by atoms with Crippen LogP contribution < -0.4 is 10.2 Å². The zero-order chi connectivity index (χ0) is 15.4. The van der Waals surface area contributed by atoms with Crippen molar-refractivity contribution < 1.29 is 14.7 Å². The van der Waals surface area contributed by atoms with E-state index in [4.69, 9.17) is 5.11 Å². The second kappa shape index (κ2) is 6.43. The van der Waals surface area contributed by atoms with Crippen LogP contribution in [-0.4, -0.2) is 29.2 Å². The van der Waals surface area contributed by atoms with Crippen LogP contribution in [0, 0.1) is 0 Å². The van der Waals surface area contributed by atoms with Crippen molar-refractivity contribution in [3.05, 3.63) is 42.5 Å². The highest BCUT2D eigenvalue weighted by molar-refractivity contribution is 5.96. The zero-order valence-corrected chi connectivity index (χ0v) is 12.1. The summed E-state index contributed by atoms with van der Waals surface area (Å²) in [6.45, 7) is 5.50. The summed E-state index contributed by atoms with van der Waals surface area (Å²) in [5, 5.41) is 11.7. The molecule has 2 N–H and O–H groups in total. The van der Waals surface area contributed by atoms with E-state index in [9.17, 15) is 9.59 Å². The van der Waals surface area contributed by atoms with Crippen LogP contribution in [0.4, 0.5) is 10.5 Å². The predicted molar refractivity (Wildman–Crippen MR) is 81.5 cm³/mol. The standard InChI is InChI=1S/C16H20N2O3/c1-3-6-13(15(19)20)17-16(21)18-11(2)9-10-12-7-4-5-8-14(12)18/h3-5,7-8,11,13H,1,6,9-10H2,2H3,(H,17,21)(H,19,20). The van der Waals surface area contributed by atoms with Crippen molar-refractivity contribution in [2.45, 2.75) is 38.3 Å². The maximum Gasteiger partial charge on any atom is 0.326 e. The van der Waals surface area contributed by atoms with Crippen LogP contribution in [0.1, 0.15) is 25.3 Å². The maximum atomic E-state index is 12.5. The first-order valence-corrected chi connectivity index (χ1v) is 7.06. The van der Waals surface area contributed by atoms with Crippen molar-refractivity contribution in [1.29, 1.82) is 0 Å². The smallest absolute Gasteiger partial charge is 0.326 e. The lowest BCUT2D eigenvalue weighted by molar-refractivity contribution is -0.139. The number of carbonyl (C=O) groups excluding carboxylic acids is 1. The highest BCUT2D eigenvalue weighted by Crippen LogP contribution is 2.30. The number of carboxylic acids is 1. The Labute approximate surface area is 124 Å². The number of carbonyl (C=O) groups is 2. The number of urea groups is 1. The van der Waals surface area contributed by atoms with Gasteiger partial charge in [0.1, 0.15) is 6.04 Å². The number of para-hydroxylation sites is 1. The van der Waals surface area contributed by atoms with Gasteiger partial charge in [-0.3, -0.25) is 4.90 Å². The van der Waals surface area contributed by atoms with E-state index in [0.29, 0.717) is 0 Å². The molecule has 5 nitrogen and oxygen atoms in total. The Morgan fingerprint density at radius 3 is 2.90 bits per heavy atom. The van der Waals surface area contributed by atoms with E-state index in [0.717, 1.165) is 24.1 Å². The Morgan fingerprint density at radius 2 is 2.24 bits per heavy atom. The number of hydrogen-bond donors (Lipinski definition) is 2. The third-order valence-corrected chi connectivity index (χ3v) is 3.74. The molecular formula is C16H20N2O3. The van der Waals surface area contributed by atoms with Crippen molar-refractivity contribution in [1.82, 2.24) is 5.32 Å². The van der Waals surface area contributed by atoms with Gasteiger partial charge < -0.3 is 10.4 Å². The van der Waals surface area contributed by atoms with E-state index in [2.05, 4.69) is 11.9 Å². The van der Waals surface area contributed by atoms with Crippen LogP contribution in [0.25, 0.3) is 0 Å². The molecule has 1 aromatic carbocycles. The minimum absolute atomic E-state index is 0.0399. The summed E-state index contributed by atoms with van der Waals surface area (Å²) >= 11 is 0. The molecule has 112 valence electrons. The highest BCUT2D eigenvalue weighted by Gasteiger charge is 2.30. The SMILES string of the molecule is C=CCC(NC(=O)N1c2ccccc2CCC1C)C(=O)O. The van der Waals surface area contributed by atoms with Gasteiger partial charge in [0.15, 0.2) is 0 Å². The molecule has 21 heavy (non-hydrogen) atoms. The number of hydrogen-bond acceptors (Lipinski definition) is 2. The number of carboxylic acid groups (broad SMARTS) is 1. The Morgan fingerprint density at radius 1 is 1.52 bits per heavy atom. The predicted octanol–water partition coefficient (Wildman–Crippen LogP) is 2.57.